The maximum Gasteiger partial charge on any atom is 0.416 e. The molecule has 5 heteroatoms. The highest BCUT2D eigenvalue weighted by atomic mass is 19.4. The van der Waals surface area contributed by atoms with Crippen molar-refractivity contribution < 1.29 is 13.2 Å². The van der Waals surface area contributed by atoms with Crippen molar-refractivity contribution in [1.29, 1.82) is 5.26 Å². The van der Waals surface area contributed by atoms with Crippen LogP contribution in [0.2, 0.25) is 0 Å². The Bertz CT molecular complexity index is 660. The maximum atomic E-state index is 13.1. The lowest BCUT2D eigenvalue weighted by atomic mass is 9.99. The Morgan fingerprint density at radius 2 is 1.59 bits per heavy atom. The smallest absolute Gasteiger partial charge is 0.292 e. The molecule has 1 N–H and O–H groups in total. The van der Waals surface area contributed by atoms with Gasteiger partial charge in [0.05, 0.1) is 11.6 Å². The molecule has 0 aliphatic carbocycles. The molecule has 0 saturated carbocycles. The zero-order chi connectivity index (χ0) is 16.2. The topological polar surface area (TPSA) is 35.8 Å². The van der Waals surface area contributed by atoms with E-state index in [2.05, 4.69) is 5.32 Å². The van der Waals surface area contributed by atoms with Crippen molar-refractivity contribution in [1.82, 2.24) is 5.32 Å². The molecule has 0 heterocycles. The summed E-state index contributed by atoms with van der Waals surface area (Å²) in [6.45, 7) is 1.82. The molecule has 0 amide bonds. The number of rotatable bonds is 4. The molecule has 2 rings (SSSR count). The summed E-state index contributed by atoms with van der Waals surface area (Å²) < 4.78 is 39.2. The van der Waals surface area contributed by atoms with Gasteiger partial charge in [-0.2, -0.15) is 18.4 Å². The fraction of sp³-hybridized carbons (Fsp3) is 0.235. The summed E-state index contributed by atoms with van der Waals surface area (Å²) in [7, 11) is 0. The average Bonchev–Trinajstić information content (AvgIpc) is 2.52. The van der Waals surface area contributed by atoms with Gasteiger partial charge in [0.1, 0.15) is 6.04 Å². The first-order valence-corrected chi connectivity index (χ1v) is 6.80. The summed E-state index contributed by atoms with van der Waals surface area (Å²) in [4.78, 5) is 0. The quantitative estimate of drug-likeness (QED) is 0.894. The van der Waals surface area contributed by atoms with Crippen molar-refractivity contribution in [2.24, 2.45) is 0 Å². The molecular formula is C17H15F3N2. The number of nitrogens with zero attached hydrogens (tertiary/aromatic N) is 1. The first-order chi connectivity index (χ1) is 10.4. The monoisotopic (exact) mass is 304 g/mol. The fourth-order valence-electron chi connectivity index (χ4n) is 2.29. The van der Waals surface area contributed by atoms with Crippen LogP contribution in [0.15, 0.2) is 54.6 Å². The minimum atomic E-state index is -4.48. The molecule has 0 spiro atoms. The number of benzene rings is 2. The van der Waals surface area contributed by atoms with Crippen LogP contribution in [0.4, 0.5) is 13.2 Å². The predicted octanol–water partition coefficient (Wildman–Crippen LogP) is 4.62. The predicted molar refractivity (Wildman–Crippen MR) is 77.8 cm³/mol. The van der Waals surface area contributed by atoms with E-state index in [1.54, 1.807) is 0 Å². The van der Waals surface area contributed by atoms with Gasteiger partial charge in [0, 0.05) is 6.04 Å². The minimum absolute atomic E-state index is 0.0553. The van der Waals surface area contributed by atoms with Gasteiger partial charge in [-0.15, -0.1) is 0 Å². The molecule has 0 aliphatic heterocycles. The lowest BCUT2D eigenvalue weighted by Crippen LogP contribution is -2.25. The Morgan fingerprint density at radius 3 is 2.18 bits per heavy atom. The SMILES string of the molecule is C[C@@H](N[C@@H](C#N)c1ccccc1C(F)(F)F)c1ccccc1. The molecule has 0 fully saturated rings. The van der Waals surface area contributed by atoms with Crippen LogP contribution in [-0.2, 0) is 6.18 Å². The fourth-order valence-corrected chi connectivity index (χ4v) is 2.29. The van der Waals surface area contributed by atoms with E-state index in [0.29, 0.717) is 0 Å². The van der Waals surface area contributed by atoms with Crippen molar-refractivity contribution in [3.8, 4) is 6.07 Å². The van der Waals surface area contributed by atoms with Gasteiger partial charge in [-0.3, -0.25) is 5.32 Å². The second kappa shape index (κ2) is 6.63. The van der Waals surface area contributed by atoms with Crippen LogP contribution in [-0.4, -0.2) is 0 Å². The highest BCUT2D eigenvalue weighted by Crippen LogP contribution is 2.35. The number of hydrogen-bond donors (Lipinski definition) is 1. The highest BCUT2D eigenvalue weighted by Gasteiger charge is 2.35. The molecule has 2 aromatic carbocycles. The van der Waals surface area contributed by atoms with Gasteiger partial charge in [-0.05, 0) is 24.1 Å². The highest BCUT2D eigenvalue weighted by molar-refractivity contribution is 5.35. The van der Waals surface area contributed by atoms with Crippen molar-refractivity contribution in [3.63, 3.8) is 0 Å². The third-order valence-electron chi connectivity index (χ3n) is 3.42. The lowest BCUT2D eigenvalue weighted by molar-refractivity contribution is -0.138. The lowest BCUT2D eigenvalue weighted by Gasteiger charge is -2.21. The van der Waals surface area contributed by atoms with Crippen LogP contribution >= 0.6 is 0 Å². The van der Waals surface area contributed by atoms with Crippen molar-refractivity contribution in [2.75, 3.05) is 0 Å². The molecule has 0 saturated heterocycles. The zero-order valence-electron chi connectivity index (χ0n) is 11.9. The number of nitriles is 1. The van der Waals surface area contributed by atoms with Gasteiger partial charge in [0.15, 0.2) is 0 Å². The summed E-state index contributed by atoms with van der Waals surface area (Å²) in [5.41, 5.74) is 0.0711. The van der Waals surface area contributed by atoms with E-state index < -0.39 is 17.8 Å². The summed E-state index contributed by atoms with van der Waals surface area (Å²) in [5, 5.41) is 12.2. The van der Waals surface area contributed by atoms with E-state index in [1.807, 2.05) is 43.3 Å². The Hall–Kier alpha value is -2.32. The van der Waals surface area contributed by atoms with Gasteiger partial charge >= 0.3 is 6.18 Å². The zero-order valence-corrected chi connectivity index (χ0v) is 11.9. The van der Waals surface area contributed by atoms with Gasteiger partial charge < -0.3 is 0 Å². The second-order valence-electron chi connectivity index (χ2n) is 4.95. The molecule has 0 radical (unpaired) electrons. The molecule has 0 bridgehead atoms. The Kier molecular flexibility index (Phi) is 4.84. The van der Waals surface area contributed by atoms with Crippen LogP contribution in [0, 0.1) is 11.3 Å². The van der Waals surface area contributed by atoms with Crippen molar-refractivity contribution in [3.05, 3.63) is 71.3 Å². The standard InChI is InChI=1S/C17H15F3N2/c1-12(13-7-3-2-4-8-13)22-16(11-21)14-9-5-6-10-15(14)17(18,19)20/h2-10,12,16,22H,1H3/t12-,16+/m1/s1. The molecule has 2 aromatic rings. The molecule has 0 aromatic heterocycles. The van der Waals surface area contributed by atoms with Crippen LogP contribution in [0.5, 0.6) is 0 Å². The number of halogens is 3. The molecular weight excluding hydrogens is 289 g/mol. The van der Waals surface area contributed by atoms with Crippen LogP contribution in [0.1, 0.15) is 35.7 Å². The minimum Gasteiger partial charge on any atom is -0.292 e. The van der Waals surface area contributed by atoms with Gasteiger partial charge in [-0.1, -0.05) is 48.5 Å². The van der Waals surface area contributed by atoms with Crippen LogP contribution in [0.25, 0.3) is 0 Å². The summed E-state index contributed by atoms with van der Waals surface area (Å²) >= 11 is 0. The van der Waals surface area contributed by atoms with E-state index >= 15 is 0 Å². The summed E-state index contributed by atoms with van der Waals surface area (Å²) in [5.74, 6) is 0. The Labute approximate surface area is 127 Å². The Morgan fingerprint density at radius 1 is 1.00 bits per heavy atom. The largest absolute Gasteiger partial charge is 0.416 e. The average molecular weight is 304 g/mol. The molecule has 0 unspecified atom stereocenters. The van der Waals surface area contributed by atoms with Gasteiger partial charge in [-0.25, -0.2) is 0 Å². The number of nitrogens with one attached hydrogen (secondary N) is 1. The van der Waals surface area contributed by atoms with E-state index in [9.17, 15) is 18.4 Å². The van der Waals surface area contributed by atoms with E-state index in [1.165, 1.54) is 18.2 Å². The third-order valence-corrected chi connectivity index (χ3v) is 3.42. The van der Waals surface area contributed by atoms with Gasteiger partial charge in [0.2, 0.25) is 0 Å². The van der Waals surface area contributed by atoms with Crippen molar-refractivity contribution in [2.45, 2.75) is 25.2 Å². The summed E-state index contributed by atoms with van der Waals surface area (Å²) in [6, 6.07) is 15.1. The van der Waals surface area contributed by atoms with Crippen LogP contribution in [0.3, 0.4) is 0 Å². The molecule has 0 aliphatic rings. The van der Waals surface area contributed by atoms with Crippen LogP contribution < -0.4 is 5.32 Å². The van der Waals surface area contributed by atoms with E-state index in [4.69, 9.17) is 0 Å². The molecule has 2 nitrogen and oxygen atoms in total. The Balaban J connectivity index is 2.29. The molecule has 114 valence electrons. The van der Waals surface area contributed by atoms with Gasteiger partial charge in [0.25, 0.3) is 0 Å². The third kappa shape index (κ3) is 3.66. The second-order valence-corrected chi connectivity index (χ2v) is 4.95. The first kappa shape index (κ1) is 16.1. The first-order valence-electron chi connectivity index (χ1n) is 6.80. The van der Waals surface area contributed by atoms with E-state index in [-0.39, 0.29) is 11.6 Å². The number of hydrogen-bond acceptors (Lipinski definition) is 2. The van der Waals surface area contributed by atoms with Crippen molar-refractivity contribution >= 4 is 0 Å². The molecule has 22 heavy (non-hydrogen) atoms. The number of alkyl halides is 3. The summed E-state index contributed by atoms with van der Waals surface area (Å²) in [6.07, 6.45) is -4.48. The van der Waals surface area contributed by atoms with E-state index in [0.717, 1.165) is 11.6 Å². The normalized spacial score (nSPS) is 14.1. The maximum absolute atomic E-state index is 13.1. The molecule has 2 atom stereocenters.